The van der Waals surface area contributed by atoms with Crippen molar-refractivity contribution in [2.45, 2.75) is 44.9 Å². The highest BCUT2D eigenvalue weighted by Gasteiger charge is 2.27. The lowest BCUT2D eigenvalue weighted by molar-refractivity contribution is 0.314. The number of hydrogen-bond donors (Lipinski definition) is 0. The molecule has 3 heteroatoms. The highest BCUT2D eigenvalue weighted by molar-refractivity contribution is 5.92. The molecule has 0 fully saturated rings. The van der Waals surface area contributed by atoms with Crippen molar-refractivity contribution >= 4 is 5.71 Å². The van der Waals surface area contributed by atoms with E-state index in [9.17, 15) is 4.39 Å². The summed E-state index contributed by atoms with van der Waals surface area (Å²) >= 11 is 0. The average Bonchev–Trinajstić information content (AvgIpc) is 3.05. The van der Waals surface area contributed by atoms with Crippen molar-refractivity contribution in [1.29, 1.82) is 0 Å². The molecule has 1 heterocycles. The van der Waals surface area contributed by atoms with Crippen LogP contribution in [-0.4, -0.2) is 23.8 Å². The summed E-state index contributed by atoms with van der Waals surface area (Å²) in [5.41, 5.74) is 3.84. The van der Waals surface area contributed by atoms with Gasteiger partial charge in [0.25, 0.3) is 0 Å². The Morgan fingerprint density at radius 2 is 1.76 bits per heavy atom. The first-order chi connectivity index (χ1) is 12.3. The molecule has 0 amide bonds. The average molecular weight is 338 g/mol. The van der Waals surface area contributed by atoms with Gasteiger partial charge in [0.05, 0.1) is 0 Å². The van der Waals surface area contributed by atoms with Gasteiger partial charge in [-0.1, -0.05) is 62.2 Å². The van der Waals surface area contributed by atoms with Crippen molar-refractivity contribution < 1.29 is 4.39 Å². The number of unbranched alkanes of at least 4 members (excludes halogenated alkanes) is 2. The van der Waals surface area contributed by atoms with E-state index in [1.165, 1.54) is 42.7 Å². The molecular weight excluding hydrogens is 311 g/mol. The summed E-state index contributed by atoms with van der Waals surface area (Å²) in [6.07, 6.45) is 5.69. The fourth-order valence-corrected chi connectivity index (χ4v) is 3.42. The van der Waals surface area contributed by atoms with Crippen LogP contribution in [0.25, 0.3) is 0 Å². The Morgan fingerprint density at radius 3 is 2.48 bits per heavy atom. The van der Waals surface area contributed by atoms with E-state index in [-0.39, 0.29) is 5.82 Å². The third kappa shape index (κ3) is 4.91. The molecule has 2 aromatic carbocycles. The van der Waals surface area contributed by atoms with Gasteiger partial charge in [-0.15, -0.1) is 0 Å². The van der Waals surface area contributed by atoms with Crippen LogP contribution in [0, 0.1) is 5.82 Å². The standard InChI is InChI=1S/C22H27FN2/c1-2-3-5-10-22-21(19-8-6-4-7-9-19)17-25(24-22)16-15-18-11-13-20(23)14-12-18/h4,6-9,11-14,21H,2-3,5,10,15-17H2,1H3. The largest absolute Gasteiger partial charge is 0.296 e. The molecule has 0 spiro atoms. The Balaban J connectivity index is 1.64. The van der Waals surface area contributed by atoms with Gasteiger partial charge < -0.3 is 0 Å². The van der Waals surface area contributed by atoms with Gasteiger partial charge >= 0.3 is 0 Å². The van der Waals surface area contributed by atoms with Gasteiger partial charge in [-0.25, -0.2) is 4.39 Å². The molecule has 2 aromatic rings. The predicted octanol–water partition coefficient (Wildman–Crippen LogP) is 5.40. The molecule has 132 valence electrons. The number of halogens is 1. The lowest BCUT2D eigenvalue weighted by Gasteiger charge is -2.16. The monoisotopic (exact) mass is 338 g/mol. The number of nitrogens with zero attached hydrogens (tertiary/aromatic N) is 2. The van der Waals surface area contributed by atoms with Gasteiger partial charge in [-0.3, -0.25) is 5.01 Å². The third-order valence-corrected chi connectivity index (χ3v) is 4.88. The molecule has 1 aliphatic rings. The van der Waals surface area contributed by atoms with E-state index in [1.54, 1.807) is 0 Å². The van der Waals surface area contributed by atoms with E-state index in [4.69, 9.17) is 5.10 Å². The normalized spacial score (nSPS) is 17.0. The second kappa shape index (κ2) is 8.80. The summed E-state index contributed by atoms with van der Waals surface area (Å²) in [4.78, 5) is 0. The van der Waals surface area contributed by atoms with Gasteiger partial charge in [-0.05, 0) is 42.5 Å². The van der Waals surface area contributed by atoms with Crippen LogP contribution in [0.1, 0.15) is 49.7 Å². The van der Waals surface area contributed by atoms with Crippen LogP contribution >= 0.6 is 0 Å². The van der Waals surface area contributed by atoms with Gasteiger partial charge in [-0.2, -0.15) is 5.10 Å². The second-order valence-electron chi connectivity index (χ2n) is 6.80. The maximum atomic E-state index is 13.0. The highest BCUT2D eigenvalue weighted by Crippen LogP contribution is 2.27. The van der Waals surface area contributed by atoms with E-state index >= 15 is 0 Å². The van der Waals surface area contributed by atoms with Crippen LogP contribution in [-0.2, 0) is 6.42 Å². The smallest absolute Gasteiger partial charge is 0.123 e. The first kappa shape index (κ1) is 17.7. The fourth-order valence-electron chi connectivity index (χ4n) is 3.42. The van der Waals surface area contributed by atoms with Gasteiger partial charge in [0, 0.05) is 24.7 Å². The Labute approximate surface area is 150 Å². The molecule has 1 unspecified atom stereocenters. The second-order valence-corrected chi connectivity index (χ2v) is 6.80. The molecular formula is C22H27FN2. The zero-order valence-corrected chi connectivity index (χ0v) is 15.0. The fraction of sp³-hybridized carbons (Fsp3) is 0.409. The van der Waals surface area contributed by atoms with Crippen molar-refractivity contribution in [1.82, 2.24) is 5.01 Å². The van der Waals surface area contributed by atoms with E-state index in [0.29, 0.717) is 5.92 Å². The molecule has 2 nitrogen and oxygen atoms in total. The topological polar surface area (TPSA) is 15.6 Å². The Bertz CT molecular complexity index is 679. The van der Waals surface area contributed by atoms with Crippen LogP contribution in [0.2, 0.25) is 0 Å². The molecule has 1 aliphatic heterocycles. The first-order valence-corrected chi connectivity index (χ1v) is 9.38. The van der Waals surface area contributed by atoms with Crippen LogP contribution in [0.4, 0.5) is 4.39 Å². The molecule has 0 saturated carbocycles. The molecule has 3 rings (SSSR count). The number of hydrazone groups is 1. The zero-order valence-electron chi connectivity index (χ0n) is 15.0. The zero-order chi connectivity index (χ0) is 17.5. The van der Waals surface area contributed by atoms with Crippen LogP contribution in [0.15, 0.2) is 59.7 Å². The molecule has 0 radical (unpaired) electrons. The van der Waals surface area contributed by atoms with Gasteiger partial charge in [0.15, 0.2) is 0 Å². The summed E-state index contributed by atoms with van der Waals surface area (Å²) in [5, 5.41) is 7.12. The van der Waals surface area contributed by atoms with Crippen molar-refractivity contribution in [2.24, 2.45) is 5.10 Å². The molecule has 0 saturated heterocycles. The van der Waals surface area contributed by atoms with Crippen LogP contribution in [0.3, 0.4) is 0 Å². The van der Waals surface area contributed by atoms with Crippen molar-refractivity contribution in [3.63, 3.8) is 0 Å². The van der Waals surface area contributed by atoms with E-state index < -0.39 is 0 Å². The minimum absolute atomic E-state index is 0.176. The lowest BCUT2D eigenvalue weighted by Crippen LogP contribution is -2.21. The molecule has 0 aromatic heterocycles. The lowest BCUT2D eigenvalue weighted by atomic mass is 9.92. The van der Waals surface area contributed by atoms with Crippen molar-refractivity contribution in [3.8, 4) is 0 Å². The molecule has 0 bridgehead atoms. The summed E-state index contributed by atoms with van der Waals surface area (Å²) in [6, 6.07) is 17.5. The summed E-state index contributed by atoms with van der Waals surface area (Å²) in [5.74, 6) is 0.233. The van der Waals surface area contributed by atoms with Crippen molar-refractivity contribution in [2.75, 3.05) is 13.1 Å². The van der Waals surface area contributed by atoms with E-state index in [2.05, 4.69) is 42.3 Å². The molecule has 0 N–H and O–H groups in total. The van der Waals surface area contributed by atoms with E-state index in [0.717, 1.165) is 31.5 Å². The van der Waals surface area contributed by atoms with E-state index in [1.807, 2.05) is 12.1 Å². The SMILES string of the molecule is CCCCCC1=NN(CCc2ccc(F)cc2)CC1c1ccccc1. The minimum Gasteiger partial charge on any atom is -0.296 e. The Morgan fingerprint density at radius 1 is 1.00 bits per heavy atom. The van der Waals surface area contributed by atoms with Crippen molar-refractivity contribution in [3.05, 3.63) is 71.5 Å². The maximum absolute atomic E-state index is 13.0. The molecule has 1 atom stereocenters. The number of benzene rings is 2. The van der Waals surface area contributed by atoms with Gasteiger partial charge in [0.1, 0.15) is 5.82 Å². The van der Waals surface area contributed by atoms with Gasteiger partial charge in [0.2, 0.25) is 0 Å². The first-order valence-electron chi connectivity index (χ1n) is 9.38. The van der Waals surface area contributed by atoms with Crippen LogP contribution < -0.4 is 0 Å². The van der Waals surface area contributed by atoms with Crippen LogP contribution in [0.5, 0.6) is 0 Å². The summed E-state index contributed by atoms with van der Waals surface area (Å²) in [7, 11) is 0. The molecule has 0 aliphatic carbocycles. The predicted molar refractivity (Wildman–Crippen MR) is 102 cm³/mol. The highest BCUT2D eigenvalue weighted by atomic mass is 19.1. The maximum Gasteiger partial charge on any atom is 0.123 e. The minimum atomic E-state index is -0.176. The third-order valence-electron chi connectivity index (χ3n) is 4.88. The molecule has 25 heavy (non-hydrogen) atoms. The number of hydrogen-bond acceptors (Lipinski definition) is 2. The Hall–Kier alpha value is -2.16. The summed E-state index contributed by atoms with van der Waals surface area (Å²) in [6.45, 7) is 4.07. The quantitative estimate of drug-likeness (QED) is 0.588. The summed E-state index contributed by atoms with van der Waals surface area (Å²) < 4.78 is 13.0. The number of rotatable bonds is 8. The Kier molecular flexibility index (Phi) is 6.21.